The van der Waals surface area contributed by atoms with E-state index < -0.39 is 0 Å². The van der Waals surface area contributed by atoms with Crippen LogP contribution in [0.25, 0.3) is 0 Å². The summed E-state index contributed by atoms with van der Waals surface area (Å²) in [5.41, 5.74) is 3.26. The number of hydrogen-bond donors (Lipinski definition) is 0. The maximum Gasteiger partial charge on any atom is 0.337 e. The Hall–Kier alpha value is -2.33. The highest BCUT2D eigenvalue weighted by atomic mass is 16.7. The summed E-state index contributed by atoms with van der Waals surface area (Å²) in [7, 11) is 2.96. The molecule has 0 N–H and O–H groups in total. The molecule has 0 spiro atoms. The van der Waals surface area contributed by atoms with Crippen molar-refractivity contribution in [2.24, 2.45) is 0 Å². The minimum atomic E-state index is -0.368. The molecule has 0 aromatic heterocycles. The maximum atomic E-state index is 11.6. The molecule has 0 saturated carbocycles. The summed E-state index contributed by atoms with van der Waals surface area (Å²) in [4.78, 5) is 17.1. The highest BCUT2D eigenvalue weighted by Gasteiger charge is 2.13. The van der Waals surface area contributed by atoms with Crippen molar-refractivity contribution in [2.75, 3.05) is 19.3 Å². The van der Waals surface area contributed by atoms with E-state index in [1.165, 1.54) is 7.11 Å². The zero-order valence-electron chi connectivity index (χ0n) is 11.8. The van der Waals surface area contributed by atoms with Gasteiger partial charge in [-0.15, -0.1) is 0 Å². The van der Waals surface area contributed by atoms with E-state index in [9.17, 15) is 4.79 Å². The van der Waals surface area contributed by atoms with Crippen LogP contribution in [0.1, 0.15) is 15.9 Å². The Bertz CT molecular complexity index is 610. The minimum absolute atomic E-state index is 0.368. The third-order valence-corrected chi connectivity index (χ3v) is 3.02. The van der Waals surface area contributed by atoms with Crippen molar-refractivity contribution < 1.29 is 14.4 Å². The van der Waals surface area contributed by atoms with Crippen LogP contribution in [-0.2, 0) is 9.57 Å². The molecule has 0 aliphatic rings. The summed E-state index contributed by atoms with van der Waals surface area (Å²) in [5.74, 6) is -0.368. The predicted molar refractivity (Wildman–Crippen MR) is 78.1 cm³/mol. The number of benzene rings is 2. The third-order valence-electron chi connectivity index (χ3n) is 3.02. The molecule has 0 radical (unpaired) electrons. The molecule has 4 nitrogen and oxygen atoms in total. The highest BCUT2D eigenvalue weighted by molar-refractivity contribution is 5.90. The molecule has 104 valence electrons. The lowest BCUT2D eigenvalue weighted by Crippen LogP contribution is -2.16. The van der Waals surface area contributed by atoms with Gasteiger partial charge in [-0.25, -0.2) is 9.86 Å². The largest absolute Gasteiger partial charge is 0.465 e. The number of esters is 1. The van der Waals surface area contributed by atoms with E-state index in [0.29, 0.717) is 5.56 Å². The van der Waals surface area contributed by atoms with Crippen molar-refractivity contribution in [1.82, 2.24) is 0 Å². The van der Waals surface area contributed by atoms with Crippen LogP contribution in [0.15, 0.2) is 48.5 Å². The van der Waals surface area contributed by atoms with Crippen molar-refractivity contribution in [2.45, 2.75) is 6.92 Å². The number of ether oxygens (including phenoxy) is 1. The quantitative estimate of drug-likeness (QED) is 0.630. The molecule has 0 atom stereocenters. The van der Waals surface area contributed by atoms with Gasteiger partial charge in [-0.1, -0.05) is 24.3 Å². The van der Waals surface area contributed by atoms with Crippen LogP contribution in [0.5, 0.6) is 0 Å². The number of carbonyl (C=O) groups excluding carboxylic acids is 1. The van der Waals surface area contributed by atoms with Crippen LogP contribution in [0.2, 0.25) is 0 Å². The lowest BCUT2D eigenvalue weighted by atomic mass is 10.1. The fourth-order valence-corrected chi connectivity index (χ4v) is 2.01. The molecule has 0 saturated heterocycles. The second-order valence-electron chi connectivity index (χ2n) is 4.31. The average Bonchev–Trinajstić information content (AvgIpc) is 2.49. The van der Waals surface area contributed by atoms with E-state index in [1.54, 1.807) is 30.4 Å². The monoisotopic (exact) mass is 271 g/mol. The average molecular weight is 271 g/mol. The predicted octanol–water partition coefficient (Wildman–Crippen LogP) is 3.48. The van der Waals surface area contributed by atoms with Crippen LogP contribution < -0.4 is 5.06 Å². The van der Waals surface area contributed by atoms with Crippen LogP contribution in [0.3, 0.4) is 0 Å². The van der Waals surface area contributed by atoms with E-state index in [2.05, 4.69) is 0 Å². The van der Waals surface area contributed by atoms with Gasteiger partial charge in [0.2, 0.25) is 0 Å². The van der Waals surface area contributed by atoms with E-state index in [1.807, 2.05) is 37.3 Å². The van der Waals surface area contributed by atoms with Crippen molar-refractivity contribution in [3.05, 3.63) is 59.7 Å². The number of para-hydroxylation sites is 1. The number of aryl methyl sites for hydroxylation is 1. The van der Waals surface area contributed by atoms with Gasteiger partial charge >= 0.3 is 5.97 Å². The number of methoxy groups -OCH3 is 1. The Morgan fingerprint density at radius 2 is 1.80 bits per heavy atom. The second-order valence-corrected chi connectivity index (χ2v) is 4.31. The molecule has 20 heavy (non-hydrogen) atoms. The summed E-state index contributed by atoms with van der Waals surface area (Å²) < 4.78 is 4.74. The van der Waals surface area contributed by atoms with Gasteiger partial charge in [0.25, 0.3) is 0 Å². The molecule has 0 amide bonds. The summed E-state index contributed by atoms with van der Waals surface area (Å²) in [6.45, 7) is 2.01. The Labute approximate surface area is 118 Å². The van der Waals surface area contributed by atoms with Crippen LogP contribution in [-0.4, -0.2) is 20.2 Å². The van der Waals surface area contributed by atoms with Crippen molar-refractivity contribution in [3.63, 3.8) is 0 Å². The molecule has 0 bridgehead atoms. The molecule has 0 heterocycles. The Morgan fingerprint density at radius 1 is 1.05 bits per heavy atom. The molecule has 2 rings (SSSR count). The standard InChI is InChI=1S/C16H17NO3/c1-12-7-4-5-10-15(12)17(20-3)14-9-6-8-13(11-14)16(18)19-2/h4-11H,1-3H3. The number of rotatable bonds is 4. The van der Waals surface area contributed by atoms with Crippen LogP contribution >= 0.6 is 0 Å². The van der Waals surface area contributed by atoms with Gasteiger partial charge in [-0.3, -0.25) is 4.84 Å². The van der Waals surface area contributed by atoms with Gasteiger partial charge in [-0.05, 0) is 36.8 Å². The van der Waals surface area contributed by atoms with Gasteiger partial charge < -0.3 is 4.74 Å². The first-order chi connectivity index (χ1) is 9.67. The molecular weight excluding hydrogens is 254 g/mol. The summed E-state index contributed by atoms with van der Waals surface area (Å²) in [6, 6.07) is 15.0. The van der Waals surface area contributed by atoms with Gasteiger partial charge in [-0.2, -0.15) is 0 Å². The smallest absolute Gasteiger partial charge is 0.337 e. The lowest BCUT2D eigenvalue weighted by Gasteiger charge is -2.23. The first kappa shape index (κ1) is 14.1. The summed E-state index contributed by atoms with van der Waals surface area (Å²) in [6.07, 6.45) is 0. The number of nitrogens with zero attached hydrogens (tertiary/aromatic N) is 1. The molecule has 0 aliphatic carbocycles. The molecule has 4 heteroatoms. The van der Waals surface area contributed by atoms with Gasteiger partial charge in [0.15, 0.2) is 0 Å². The van der Waals surface area contributed by atoms with E-state index in [4.69, 9.17) is 9.57 Å². The first-order valence-corrected chi connectivity index (χ1v) is 6.25. The van der Waals surface area contributed by atoms with Gasteiger partial charge in [0.05, 0.1) is 31.2 Å². The molecular formula is C16H17NO3. The first-order valence-electron chi connectivity index (χ1n) is 6.25. The Kier molecular flexibility index (Phi) is 4.38. The Morgan fingerprint density at radius 3 is 2.45 bits per heavy atom. The normalized spacial score (nSPS) is 10.2. The van der Waals surface area contributed by atoms with Crippen molar-refractivity contribution in [1.29, 1.82) is 0 Å². The van der Waals surface area contributed by atoms with E-state index >= 15 is 0 Å². The minimum Gasteiger partial charge on any atom is -0.465 e. The third kappa shape index (κ3) is 2.81. The topological polar surface area (TPSA) is 38.8 Å². The molecule has 0 fully saturated rings. The molecule has 2 aromatic carbocycles. The number of carbonyl (C=O) groups is 1. The summed E-state index contributed by atoms with van der Waals surface area (Å²) >= 11 is 0. The van der Waals surface area contributed by atoms with E-state index in [-0.39, 0.29) is 5.97 Å². The van der Waals surface area contributed by atoms with Crippen molar-refractivity contribution >= 4 is 17.3 Å². The lowest BCUT2D eigenvalue weighted by molar-refractivity contribution is 0.0600. The van der Waals surface area contributed by atoms with Gasteiger partial charge in [0.1, 0.15) is 0 Å². The maximum absolute atomic E-state index is 11.6. The van der Waals surface area contributed by atoms with Crippen molar-refractivity contribution in [3.8, 4) is 0 Å². The van der Waals surface area contributed by atoms with Crippen LogP contribution in [0.4, 0.5) is 11.4 Å². The summed E-state index contributed by atoms with van der Waals surface area (Å²) in [5, 5.41) is 1.68. The zero-order valence-corrected chi connectivity index (χ0v) is 11.8. The molecule has 2 aromatic rings. The van der Waals surface area contributed by atoms with Crippen LogP contribution in [0, 0.1) is 6.92 Å². The highest BCUT2D eigenvalue weighted by Crippen LogP contribution is 2.28. The fraction of sp³-hybridized carbons (Fsp3) is 0.188. The van der Waals surface area contributed by atoms with E-state index in [0.717, 1.165) is 16.9 Å². The zero-order chi connectivity index (χ0) is 14.5. The number of hydrogen-bond acceptors (Lipinski definition) is 4. The Balaban J connectivity index is 2.42. The molecule has 0 unspecified atom stereocenters. The fourth-order valence-electron chi connectivity index (χ4n) is 2.01. The molecule has 0 aliphatic heterocycles. The second kappa shape index (κ2) is 6.21. The SMILES string of the molecule is COC(=O)c1cccc(N(OC)c2ccccc2C)c1. The van der Waals surface area contributed by atoms with Gasteiger partial charge in [0, 0.05) is 0 Å². The number of anilines is 2.